The molecular weight excluding hydrogens is 294 g/mol. The number of ether oxygens (including phenoxy) is 2. The summed E-state index contributed by atoms with van der Waals surface area (Å²) >= 11 is 0. The van der Waals surface area contributed by atoms with Gasteiger partial charge in [0.15, 0.2) is 18.1 Å². The van der Waals surface area contributed by atoms with Crippen LogP contribution < -0.4 is 14.8 Å². The minimum absolute atomic E-state index is 0.115. The molecule has 1 amide bonds. The topological polar surface area (TPSA) is 64.6 Å². The summed E-state index contributed by atoms with van der Waals surface area (Å²) in [5.74, 6) is 0.582. The highest BCUT2D eigenvalue weighted by molar-refractivity contribution is 5.79. The summed E-state index contributed by atoms with van der Waals surface area (Å²) in [6.07, 6.45) is 0.712. The van der Waals surface area contributed by atoms with Gasteiger partial charge in [0.05, 0.1) is 13.2 Å². The van der Waals surface area contributed by atoms with Crippen molar-refractivity contribution in [1.29, 1.82) is 0 Å². The lowest BCUT2D eigenvalue weighted by atomic mass is 10.1. The third kappa shape index (κ3) is 4.57. The van der Waals surface area contributed by atoms with E-state index in [2.05, 4.69) is 5.32 Å². The number of aldehydes is 1. The Balaban J connectivity index is 1.95. The Morgan fingerprint density at radius 1 is 1.17 bits per heavy atom. The molecular formula is C18H19NO4. The van der Waals surface area contributed by atoms with Crippen LogP contribution in [-0.2, 0) is 4.79 Å². The van der Waals surface area contributed by atoms with Crippen molar-refractivity contribution in [3.8, 4) is 11.5 Å². The first-order chi connectivity index (χ1) is 11.1. The first kappa shape index (κ1) is 16.5. The second-order valence-corrected chi connectivity index (χ2v) is 5.02. The van der Waals surface area contributed by atoms with Gasteiger partial charge >= 0.3 is 0 Å². The van der Waals surface area contributed by atoms with Crippen LogP contribution in [0.5, 0.6) is 11.5 Å². The molecule has 0 aliphatic heterocycles. The molecule has 0 aliphatic rings. The van der Waals surface area contributed by atoms with E-state index in [4.69, 9.17) is 9.47 Å². The Labute approximate surface area is 135 Å². The van der Waals surface area contributed by atoms with Crippen LogP contribution in [0.3, 0.4) is 0 Å². The van der Waals surface area contributed by atoms with Gasteiger partial charge in [-0.1, -0.05) is 30.3 Å². The average molecular weight is 313 g/mol. The Morgan fingerprint density at radius 2 is 1.91 bits per heavy atom. The lowest BCUT2D eigenvalue weighted by Gasteiger charge is -2.15. The predicted molar refractivity (Wildman–Crippen MR) is 86.9 cm³/mol. The number of methoxy groups -OCH3 is 1. The van der Waals surface area contributed by atoms with Gasteiger partial charge in [0.1, 0.15) is 6.29 Å². The minimum Gasteiger partial charge on any atom is -0.493 e. The number of carbonyl (C=O) groups excluding carboxylic acids is 2. The standard InChI is InChI=1S/C18H19NO4/c1-13(15-6-4-3-5-7-15)19-18(21)12-23-17-10-14(11-20)8-9-16(17)22-2/h3-11,13H,12H2,1-2H3,(H,19,21)/t13-/m0/s1. The summed E-state index contributed by atoms with van der Waals surface area (Å²) in [6.45, 7) is 1.75. The maximum absolute atomic E-state index is 12.0. The fourth-order valence-corrected chi connectivity index (χ4v) is 2.13. The molecule has 0 spiro atoms. The van der Waals surface area contributed by atoms with E-state index in [9.17, 15) is 9.59 Å². The van der Waals surface area contributed by atoms with Crippen molar-refractivity contribution in [2.24, 2.45) is 0 Å². The maximum Gasteiger partial charge on any atom is 0.258 e. The van der Waals surface area contributed by atoms with Gasteiger partial charge in [-0.25, -0.2) is 0 Å². The van der Waals surface area contributed by atoms with Crippen LogP contribution in [0.15, 0.2) is 48.5 Å². The molecule has 0 saturated heterocycles. The molecule has 0 bridgehead atoms. The molecule has 0 saturated carbocycles. The Morgan fingerprint density at radius 3 is 2.57 bits per heavy atom. The molecule has 0 heterocycles. The van der Waals surface area contributed by atoms with E-state index in [1.54, 1.807) is 18.2 Å². The van der Waals surface area contributed by atoms with Crippen molar-refractivity contribution in [2.75, 3.05) is 13.7 Å². The van der Waals surface area contributed by atoms with Crippen LogP contribution in [-0.4, -0.2) is 25.9 Å². The molecule has 0 radical (unpaired) electrons. The van der Waals surface area contributed by atoms with Crippen molar-refractivity contribution >= 4 is 12.2 Å². The zero-order valence-electron chi connectivity index (χ0n) is 13.1. The molecule has 2 aromatic carbocycles. The van der Waals surface area contributed by atoms with E-state index in [-0.39, 0.29) is 18.6 Å². The second-order valence-electron chi connectivity index (χ2n) is 5.02. The van der Waals surface area contributed by atoms with Gasteiger partial charge in [-0.05, 0) is 30.7 Å². The van der Waals surface area contributed by atoms with Crippen LogP contribution in [0, 0.1) is 0 Å². The summed E-state index contributed by atoms with van der Waals surface area (Å²) < 4.78 is 10.6. The van der Waals surface area contributed by atoms with Crippen LogP contribution in [0.4, 0.5) is 0 Å². The van der Waals surface area contributed by atoms with E-state index in [1.165, 1.54) is 7.11 Å². The van der Waals surface area contributed by atoms with Gasteiger partial charge in [-0.2, -0.15) is 0 Å². The van der Waals surface area contributed by atoms with Gasteiger partial charge in [-0.15, -0.1) is 0 Å². The fourth-order valence-electron chi connectivity index (χ4n) is 2.13. The van der Waals surface area contributed by atoms with Gasteiger partial charge in [0.25, 0.3) is 5.91 Å². The highest BCUT2D eigenvalue weighted by atomic mass is 16.5. The minimum atomic E-state index is -0.250. The monoisotopic (exact) mass is 313 g/mol. The van der Waals surface area contributed by atoms with Gasteiger partial charge in [-0.3, -0.25) is 9.59 Å². The molecule has 5 heteroatoms. The Kier molecular flexibility index (Phi) is 5.74. The number of carbonyl (C=O) groups is 2. The predicted octanol–water partition coefficient (Wildman–Crippen LogP) is 2.76. The number of nitrogens with one attached hydrogen (secondary N) is 1. The van der Waals surface area contributed by atoms with Crippen LogP contribution in [0.1, 0.15) is 28.9 Å². The zero-order chi connectivity index (χ0) is 16.7. The molecule has 2 rings (SSSR count). The Bertz CT molecular complexity index is 670. The first-order valence-corrected chi connectivity index (χ1v) is 7.24. The van der Waals surface area contributed by atoms with E-state index in [1.807, 2.05) is 37.3 Å². The van der Waals surface area contributed by atoms with E-state index < -0.39 is 0 Å². The number of hydrogen-bond acceptors (Lipinski definition) is 4. The molecule has 2 aromatic rings. The number of benzene rings is 2. The Hall–Kier alpha value is -2.82. The van der Waals surface area contributed by atoms with Crippen LogP contribution >= 0.6 is 0 Å². The van der Waals surface area contributed by atoms with Gasteiger partial charge in [0, 0.05) is 5.56 Å². The fraction of sp³-hybridized carbons (Fsp3) is 0.222. The van der Waals surface area contributed by atoms with Gasteiger partial charge in [0.2, 0.25) is 0 Å². The molecule has 0 unspecified atom stereocenters. The molecule has 1 N–H and O–H groups in total. The maximum atomic E-state index is 12.0. The highest BCUT2D eigenvalue weighted by Crippen LogP contribution is 2.27. The van der Waals surface area contributed by atoms with Crippen molar-refractivity contribution in [3.63, 3.8) is 0 Å². The second kappa shape index (κ2) is 7.98. The zero-order valence-corrected chi connectivity index (χ0v) is 13.1. The van der Waals surface area contributed by atoms with E-state index in [0.29, 0.717) is 23.3 Å². The van der Waals surface area contributed by atoms with Crippen molar-refractivity contribution in [2.45, 2.75) is 13.0 Å². The quantitative estimate of drug-likeness (QED) is 0.798. The summed E-state index contributed by atoms with van der Waals surface area (Å²) in [7, 11) is 1.50. The van der Waals surface area contributed by atoms with Crippen molar-refractivity contribution < 1.29 is 19.1 Å². The van der Waals surface area contributed by atoms with E-state index in [0.717, 1.165) is 5.56 Å². The molecule has 0 fully saturated rings. The van der Waals surface area contributed by atoms with E-state index >= 15 is 0 Å². The molecule has 0 aliphatic carbocycles. The first-order valence-electron chi connectivity index (χ1n) is 7.24. The summed E-state index contributed by atoms with van der Waals surface area (Å²) in [5.41, 5.74) is 1.47. The normalized spacial score (nSPS) is 11.4. The SMILES string of the molecule is COc1ccc(C=O)cc1OCC(=O)N[C@@H](C)c1ccccc1. The third-order valence-electron chi connectivity index (χ3n) is 3.36. The molecule has 5 nitrogen and oxygen atoms in total. The van der Waals surface area contributed by atoms with Crippen LogP contribution in [0.25, 0.3) is 0 Å². The molecule has 1 atom stereocenters. The smallest absolute Gasteiger partial charge is 0.258 e. The average Bonchev–Trinajstić information content (AvgIpc) is 2.60. The van der Waals surface area contributed by atoms with Crippen LogP contribution in [0.2, 0.25) is 0 Å². The number of amides is 1. The summed E-state index contributed by atoms with van der Waals surface area (Å²) in [5, 5.41) is 2.86. The van der Waals surface area contributed by atoms with Crippen molar-refractivity contribution in [3.05, 3.63) is 59.7 Å². The molecule has 120 valence electrons. The van der Waals surface area contributed by atoms with Gasteiger partial charge < -0.3 is 14.8 Å². The number of hydrogen-bond donors (Lipinski definition) is 1. The largest absolute Gasteiger partial charge is 0.493 e. The van der Waals surface area contributed by atoms with Crippen molar-refractivity contribution in [1.82, 2.24) is 5.32 Å². The lowest BCUT2D eigenvalue weighted by Crippen LogP contribution is -2.31. The summed E-state index contributed by atoms with van der Waals surface area (Å²) in [4.78, 5) is 22.8. The third-order valence-corrected chi connectivity index (χ3v) is 3.36. The summed E-state index contributed by atoms with van der Waals surface area (Å²) in [6, 6.07) is 14.3. The molecule has 0 aromatic heterocycles. The molecule has 23 heavy (non-hydrogen) atoms. The highest BCUT2D eigenvalue weighted by Gasteiger charge is 2.12. The lowest BCUT2D eigenvalue weighted by molar-refractivity contribution is -0.123. The number of rotatable bonds is 7.